The molecule has 6 atom stereocenters. The summed E-state index contributed by atoms with van der Waals surface area (Å²) in [6.07, 6.45) is -5.67. The summed E-state index contributed by atoms with van der Waals surface area (Å²) < 4.78 is 106. The monoisotopic (exact) mass is 632 g/mol. The second-order valence-corrected chi connectivity index (χ2v) is 14.2. The number of hydrogen-bond donors (Lipinski definition) is 3. The van der Waals surface area contributed by atoms with Gasteiger partial charge < -0.3 is 20.9 Å². The van der Waals surface area contributed by atoms with Gasteiger partial charge in [0.05, 0.1) is 6.04 Å². The van der Waals surface area contributed by atoms with Crippen LogP contribution in [0.1, 0.15) is 46.5 Å². The molecule has 1 saturated carbocycles. The topological polar surface area (TPSA) is 142 Å². The van der Waals surface area contributed by atoms with Crippen molar-refractivity contribution in [3.8, 4) is 0 Å². The van der Waals surface area contributed by atoms with Crippen LogP contribution in [0.2, 0.25) is 0 Å². The number of carbonyl (C=O) groups excluding carboxylic acids is 4. The Labute approximate surface area is 238 Å². The van der Waals surface area contributed by atoms with E-state index in [1.807, 2.05) is 0 Å². The van der Waals surface area contributed by atoms with Gasteiger partial charge in [0.25, 0.3) is 0 Å². The van der Waals surface area contributed by atoms with Gasteiger partial charge in [0.1, 0.15) is 12.1 Å². The second-order valence-electron chi connectivity index (χ2n) is 12.3. The molecule has 10 nitrogen and oxygen atoms in total. The molecule has 1 aliphatic carbocycles. The molecule has 3 rings (SSSR count). The first-order chi connectivity index (χ1) is 19.0. The van der Waals surface area contributed by atoms with Crippen LogP contribution in [-0.4, -0.2) is 86.5 Å². The number of rotatable bonds is 8. The van der Waals surface area contributed by atoms with Gasteiger partial charge in [0.2, 0.25) is 38.6 Å². The average molecular weight is 633 g/mol. The van der Waals surface area contributed by atoms with Crippen molar-refractivity contribution in [2.75, 3.05) is 19.3 Å². The summed E-state index contributed by atoms with van der Waals surface area (Å²) in [5, 5.41) is 4.95. The van der Waals surface area contributed by atoms with Gasteiger partial charge in [-0.25, -0.2) is 17.2 Å². The number of alkyl halides is 5. The zero-order valence-electron chi connectivity index (χ0n) is 23.4. The molecule has 3 N–H and O–H groups in total. The van der Waals surface area contributed by atoms with Gasteiger partial charge in [-0.1, -0.05) is 20.8 Å². The van der Waals surface area contributed by atoms with Crippen LogP contribution in [-0.2, 0) is 29.0 Å². The Morgan fingerprint density at radius 1 is 1.14 bits per heavy atom. The Hall–Kier alpha value is -2.85. The summed E-state index contributed by atoms with van der Waals surface area (Å²) in [7, 11) is -4.36. The Morgan fingerprint density at radius 3 is 2.26 bits per heavy atom. The molecule has 0 aromatic carbocycles. The van der Waals surface area contributed by atoms with Crippen molar-refractivity contribution >= 4 is 33.5 Å². The average Bonchev–Trinajstić information content (AvgIpc) is 3.45. The lowest BCUT2D eigenvalue weighted by atomic mass is 9.85. The lowest BCUT2D eigenvalue weighted by molar-refractivity contribution is -0.176. The van der Waals surface area contributed by atoms with Gasteiger partial charge >= 0.3 is 12.1 Å². The first kappa shape index (κ1) is 33.6. The van der Waals surface area contributed by atoms with Crippen LogP contribution >= 0.6 is 0 Å². The number of nitrogens with zero attached hydrogens (tertiary/aromatic N) is 1. The predicted octanol–water partition coefficient (Wildman–Crippen LogP) is 1.82. The van der Waals surface area contributed by atoms with E-state index in [0.29, 0.717) is 12.3 Å². The number of nitrogens with one attached hydrogen (secondary N) is 3. The maximum Gasteiger partial charge on any atom is 0.471 e. The van der Waals surface area contributed by atoms with E-state index in [4.69, 9.17) is 0 Å². The van der Waals surface area contributed by atoms with Crippen molar-refractivity contribution in [2.24, 2.45) is 23.2 Å². The summed E-state index contributed by atoms with van der Waals surface area (Å²) >= 11 is 0. The number of likely N-dealkylation sites (tertiary alicyclic amines) is 1. The number of amides is 4. The molecule has 0 unspecified atom stereocenters. The number of carbonyl (C=O) groups is 4. The predicted molar refractivity (Wildman–Crippen MR) is 136 cm³/mol. The van der Waals surface area contributed by atoms with E-state index in [9.17, 15) is 53.9 Å². The smallest absolute Gasteiger partial charge is 0.356 e. The summed E-state index contributed by atoms with van der Waals surface area (Å²) in [6, 6.07) is -4.87. The maximum absolute atomic E-state index is 14.5. The first-order valence-corrected chi connectivity index (χ1v) is 15.1. The highest BCUT2D eigenvalue weighted by Gasteiger charge is 2.59. The Bertz CT molecular complexity index is 1250. The molecule has 0 radical (unpaired) electrons. The fraction of sp³-hybridized carbons (Fsp3) is 0.760. The first-order valence-electron chi connectivity index (χ1n) is 13.2. The number of hydrogen-bond acceptors (Lipinski definition) is 6. The summed E-state index contributed by atoms with van der Waals surface area (Å²) in [5.74, 6) is -11.0. The quantitative estimate of drug-likeness (QED) is 0.349. The lowest BCUT2D eigenvalue weighted by Gasteiger charge is -2.37. The number of fused-ring (bicyclic) bond motifs is 1. The van der Waals surface area contributed by atoms with Crippen LogP contribution in [0.25, 0.3) is 0 Å². The molecular weight excluding hydrogens is 598 g/mol. The Balaban J connectivity index is 1.97. The molecule has 0 aromatic heterocycles. The molecule has 2 saturated heterocycles. The van der Waals surface area contributed by atoms with Crippen LogP contribution in [0.5, 0.6) is 0 Å². The van der Waals surface area contributed by atoms with Crippen LogP contribution in [0.3, 0.4) is 0 Å². The number of halogens is 6. The third-order valence-electron chi connectivity index (χ3n) is 7.79. The molecule has 3 aliphatic rings. The van der Waals surface area contributed by atoms with Crippen molar-refractivity contribution in [2.45, 2.75) is 76.7 Å². The molecule has 42 heavy (non-hydrogen) atoms. The van der Waals surface area contributed by atoms with E-state index in [2.05, 4.69) is 10.6 Å². The molecule has 0 bridgehead atoms. The normalized spacial score (nSPS) is 27.7. The van der Waals surface area contributed by atoms with Gasteiger partial charge in [0, 0.05) is 38.1 Å². The van der Waals surface area contributed by atoms with Gasteiger partial charge in [0.15, 0.2) is 0 Å². The highest BCUT2D eigenvalue weighted by atomic mass is 32.2. The molecule has 2 heterocycles. The van der Waals surface area contributed by atoms with Crippen LogP contribution in [0.4, 0.5) is 26.3 Å². The molecule has 2 aliphatic heterocycles. The van der Waals surface area contributed by atoms with Crippen molar-refractivity contribution in [3.05, 3.63) is 11.2 Å². The molecular formula is C25H34F6N4O6S. The minimum atomic E-state index is -5.33. The van der Waals surface area contributed by atoms with Crippen molar-refractivity contribution < 1.29 is 53.9 Å². The minimum Gasteiger partial charge on any atom is -0.356 e. The molecule has 0 aromatic rings. The summed E-state index contributed by atoms with van der Waals surface area (Å²) in [4.78, 5) is 52.0. The van der Waals surface area contributed by atoms with E-state index < -0.39 is 111 Å². The number of sulfone groups is 1. The SMILES string of the molecule is CC(C)(C)[C@H](NC(=O)C(F)(F)F)C(=O)N1C[C@@H]2CC(F)(F)C[C@@H]2[C@@H]1C(=O)N[C@H](/C=C(/F)S(C)(=O)=O)C[C@H]1CCNC1=O. The molecule has 3 fully saturated rings. The highest BCUT2D eigenvalue weighted by Crippen LogP contribution is 2.50. The van der Waals surface area contributed by atoms with E-state index >= 15 is 0 Å². The van der Waals surface area contributed by atoms with Gasteiger partial charge in [-0.05, 0) is 36.2 Å². The molecule has 238 valence electrons. The third kappa shape index (κ3) is 7.75. The largest absolute Gasteiger partial charge is 0.471 e. The van der Waals surface area contributed by atoms with E-state index in [0.717, 1.165) is 4.90 Å². The molecule has 0 spiro atoms. The lowest BCUT2D eigenvalue weighted by Crippen LogP contribution is -2.60. The molecule has 17 heteroatoms. The Morgan fingerprint density at radius 2 is 1.76 bits per heavy atom. The van der Waals surface area contributed by atoms with Crippen LogP contribution < -0.4 is 16.0 Å². The molecule has 4 amide bonds. The minimum absolute atomic E-state index is 0.252. The summed E-state index contributed by atoms with van der Waals surface area (Å²) in [6.45, 7) is 3.97. The van der Waals surface area contributed by atoms with E-state index in [1.54, 1.807) is 5.32 Å². The highest BCUT2D eigenvalue weighted by molar-refractivity contribution is 7.94. The van der Waals surface area contributed by atoms with Crippen molar-refractivity contribution in [1.82, 2.24) is 20.9 Å². The van der Waals surface area contributed by atoms with Crippen LogP contribution in [0, 0.1) is 23.2 Å². The fourth-order valence-corrected chi connectivity index (χ4v) is 6.19. The maximum atomic E-state index is 14.5. The summed E-state index contributed by atoms with van der Waals surface area (Å²) in [5.41, 5.74) is -1.31. The van der Waals surface area contributed by atoms with Gasteiger partial charge in [-0.3, -0.25) is 19.2 Å². The van der Waals surface area contributed by atoms with Crippen molar-refractivity contribution in [1.29, 1.82) is 0 Å². The van der Waals surface area contributed by atoms with E-state index in [1.165, 1.54) is 20.8 Å². The fourth-order valence-electron chi connectivity index (χ4n) is 5.78. The Kier molecular flexibility index (Phi) is 9.36. The van der Waals surface area contributed by atoms with E-state index in [-0.39, 0.29) is 19.4 Å². The van der Waals surface area contributed by atoms with Gasteiger partial charge in [-0.2, -0.15) is 17.6 Å². The van der Waals surface area contributed by atoms with Crippen molar-refractivity contribution in [3.63, 3.8) is 0 Å². The standard InChI is InChI=1S/C25H34F6N4O6S/c1-23(2,3)18(34-22(39)25(29,30)31)21(38)35-11-13-9-24(27,28)10-15(13)17(35)20(37)33-14(8-16(26)42(4,40)41)7-12-5-6-32-19(12)36/h8,12-15,17-18H,5-7,9-11H2,1-4H3,(H,32,36)(H,33,37)(H,34,39)/b16-8-/t12-,13+,14+,15+,17-,18-/m1/s1. The zero-order chi connectivity index (χ0) is 32.0. The second kappa shape index (κ2) is 11.7. The zero-order valence-corrected chi connectivity index (χ0v) is 24.2. The van der Waals surface area contributed by atoms with Crippen LogP contribution in [0.15, 0.2) is 11.2 Å². The third-order valence-corrected chi connectivity index (χ3v) is 8.63. The van der Waals surface area contributed by atoms with Gasteiger partial charge in [-0.15, -0.1) is 0 Å².